The van der Waals surface area contributed by atoms with Gasteiger partial charge in [-0.15, -0.1) is 0 Å². The van der Waals surface area contributed by atoms with Crippen molar-refractivity contribution in [2.24, 2.45) is 11.8 Å². The van der Waals surface area contributed by atoms with Crippen molar-refractivity contribution in [3.8, 4) is 11.5 Å². The van der Waals surface area contributed by atoms with Crippen molar-refractivity contribution in [2.75, 3.05) is 32.3 Å². The van der Waals surface area contributed by atoms with Gasteiger partial charge in [0.2, 0.25) is 11.7 Å². The minimum absolute atomic E-state index is 0.0519. The maximum absolute atomic E-state index is 13.4. The highest BCUT2D eigenvalue weighted by Crippen LogP contribution is 2.65. The van der Waals surface area contributed by atoms with Gasteiger partial charge in [0, 0.05) is 30.4 Å². The van der Waals surface area contributed by atoms with Crippen LogP contribution in [0.4, 0.5) is 5.69 Å². The highest BCUT2D eigenvalue weighted by molar-refractivity contribution is 6.38. The van der Waals surface area contributed by atoms with Crippen molar-refractivity contribution in [3.05, 3.63) is 17.7 Å². The average molecular weight is 456 g/mol. The molecular formula is C23H24N2O8. The Kier molecular flexibility index (Phi) is 4.15. The predicted molar refractivity (Wildman–Crippen MR) is 111 cm³/mol. The maximum atomic E-state index is 13.4. The zero-order valence-electron chi connectivity index (χ0n) is 18.3. The van der Waals surface area contributed by atoms with Gasteiger partial charge >= 0.3 is 5.97 Å². The minimum Gasteiger partial charge on any atom is -0.493 e. The van der Waals surface area contributed by atoms with Crippen LogP contribution in [0.5, 0.6) is 11.5 Å². The number of Topliss-reactive ketones (excluding diaryl/α,β-unsaturated/α-hetero) is 1. The van der Waals surface area contributed by atoms with E-state index in [1.165, 1.54) is 7.11 Å². The van der Waals surface area contributed by atoms with Gasteiger partial charge in [-0.1, -0.05) is 0 Å². The zero-order chi connectivity index (χ0) is 23.2. The number of carboxylic acids is 1. The molecule has 5 aliphatic rings. The molecule has 0 unspecified atom stereocenters. The van der Waals surface area contributed by atoms with Gasteiger partial charge in [0.25, 0.3) is 5.91 Å². The van der Waals surface area contributed by atoms with Gasteiger partial charge in [0.1, 0.15) is 6.61 Å². The Morgan fingerprint density at radius 2 is 1.91 bits per heavy atom. The third-order valence-corrected chi connectivity index (χ3v) is 8.37. The number of carbonyl (C=O) groups excluding carboxylic acids is 3. The maximum Gasteiger partial charge on any atom is 0.329 e. The number of fused-ring (bicyclic) bond motifs is 5. The summed E-state index contributed by atoms with van der Waals surface area (Å²) in [7, 11) is 3.07. The lowest BCUT2D eigenvalue weighted by molar-refractivity contribution is -0.188. The molecule has 2 bridgehead atoms. The molecule has 3 saturated heterocycles. The Morgan fingerprint density at radius 3 is 2.55 bits per heavy atom. The van der Waals surface area contributed by atoms with Gasteiger partial charge in [-0.25, -0.2) is 4.79 Å². The standard InChI is InChI=1S/C23H24N2O8/c1-31-13-5-10-12(6-14(13)32-2)25-16(26)7-15(33-9-17(27)28)18-11-8-23(19(10)20(18)25)3-4-24(23)22(30)21(11)29/h5-6,11,15,18-20H,3-4,7-9H2,1-2H3,(H,27,28)/t11-,15+,18+,19-,20-,23-/m1/s1. The van der Waals surface area contributed by atoms with Crippen LogP contribution in [0.2, 0.25) is 0 Å². The van der Waals surface area contributed by atoms with Crippen LogP contribution in [0.15, 0.2) is 12.1 Å². The van der Waals surface area contributed by atoms with Crippen LogP contribution < -0.4 is 14.4 Å². The van der Waals surface area contributed by atoms with Gasteiger partial charge in [-0.05, 0) is 24.5 Å². The van der Waals surface area contributed by atoms with E-state index in [4.69, 9.17) is 19.3 Å². The Bertz CT molecular complexity index is 1120. The van der Waals surface area contributed by atoms with Crippen molar-refractivity contribution >= 4 is 29.3 Å². The van der Waals surface area contributed by atoms with E-state index in [9.17, 15) is 19.2 Å². The van der Waals surface area contributed by atoms with E-state index in [-0.39, 0.29) is 18.2 Å². The van der Waals surface area contributed by atoms with Crippen LogP contribution in [-0.4, -0.2) is 78.6 Å². The first-order valence-electron chi connectivity index (χ1n) is 11.1. The van der Waals surface area contributed by atoms with Gasteiger partial charge in [0.15, 0.2) is 11.5 Å². The van der Waals surface area contributed by atoms with Crippen molar-refractivity contribution in [2.45, 2.75) is 42.9 Å². The van der Waals surface area contributed by atoms with E-state index >= 15 is 0 Å². The Labute approximate surface area is 189 Å². The molecular weight excluding hydrogens is 432 g/mol. The van der Waals surface area contributed by atoms with E-state index in [1.54, 1.807) is 23.0 Å². The molecule has 6 rings (SSSR count). The number of ether oxygens (including phenoxy) is 3. The molecule has 0 radical (unpaired) electrons. The van der Waals surface area contributed by atoms with E-state index in [0.29, 0.717) is 30.2 Å². The van der Waals surface area contributed by atoms with Crippen LogP contribution >= 0.6 is 0 Å². The number of rotatable bonds is 5. The molecule has 10 nitrogen and oxygen atoms in total. The molecule has 10 heteroatoms. The van der Waals surface area contributed by atoms with E-state index < -0.39 is 53.8 Å². The summed E-state index contributed by atoms with van der Waals surface area (Å²) in [6.07, 6.45) is 0.434. The number of amides is 2. The molecule has 4 heterocycles. The van der Waals surface area contributed by atoms with Crippen LogP contribution in [0, 0.1) is 11.8 Å². The molecule has 1 saturated carbocycles. The number of benzene rings is 1. The van der Waals surface area contributed by atoms with Crippen molar-refractivity contribution in [3.63, 3.8) is 0 Å². The lowest BCUT2D eigenvalue weighted by atomic mass is 9.51. The summed E-state index contributed by atoms with van der Waals surface area (Å²) in [5, 5.41) is 9.16. The molecule has 4 aliphatic heterocycles. The van der Waals surface area contributed by atoms with Gasteiger partial charge in [0.05, 0.1) is 44.0 Å². The number of carboxylic acid groups (broad SMARTS) is 1. The molecule has 0 aromatic heterocycles. The molecule has 1 aliphatic carbocycles. The smallest absolute Gasteiger partial charge is 0.329 e. The SMILES string of the molecule is COc1cc2c(cc1OC)N1C(=O)C[C@H](OCC(=O)O)[C@H]3[C@@H]1[C@@H]2[C@]12CCN1C(=O)C(=O)[C@@H]3C2. The Morgan fingerprint density at radius 1 is 1.18 bits per heavy atom. The fourth-order valence-corrected chi connectivity index (χ4v) is 7.16. The van der Waals surface area contributed by atoms with Crippen LogP contribution in [0.25, 0.3) is 0 Å². The van der Waals surface area contributed by atoms with E-state index in [2.05, 4.69) is 0 Å². The Balaban J connectivity index is 1.55. The topological polar surface area (TPSA) is 123 Å². The number of methoxy groups -OCH3 is 2. The van der Waals surface area contributed by atoms with Crippen LogP contribution in [0.3, 0.4) is 0 Å². The average Bonchev–Trinajstić information content (AvgIpc) is 3.12. The number of hydrogen-bond acceptors (Lipinski definition) is 7. The number of nitrogens with zero attached hydrogens (tertiary/aromatic N) is 2. The van der Waals surface area contributed by atoms with Crippen molar-refractivity contribution < 1.29 is 38.5 Å². The summed E-state index contributed by atoms with van der Waals surface area (Å²) in [4.78, 5) is 54.2. The number of hydrogen-bond donors (Lipinski definition) is 1. The van der Waals surface area contributed by atoms with Gasteiger partial charge < -0.3 is 29.1 Å². The second-order valence-corrected chi connectivity index (χ2v) is 9.51. The molecule has 33 heavy (non-hydrogen) atoms. The molecule has 1 spiro atoms. The molecule has 4 fully saturated rings. The summed E-state index contributed by atoms with van der Waals surface area (Å²) in [5.41, 5.74) is 1.04. The number of ketones is 1. The fraction of sp³-hybridized carbons (Fsp3) is 0.565. The third-order valence-electron chi connectivity index (χ3n) is 8.37. The third kappa shape index (κ3) is 2.41. The quantitative estimate of drug-likeness (QED) is 0.638. The molecule has 174 valence electrons. The summed E-state index contributed by atoms with van der Waals surface area (Å²) in [5.74, 6) is -2.56. The predicted octanol–water partition coefficient (Wildman–Crippen LogP) is 0.566. The zero-order valence-corrected chi connectivity index (χ0v) is 18.3. The first-order valence-corrected chi connectivity index (χ1v) is 11.1. The normalized spacial score (nSPS) is 35.5. The number of piperidine rings is 2. The fourth-order valence-electron chi connectivity index (χ4n) is 7.16. The van der Waals surface area contributed by atoms with Crippen molar-refractivity contribution in [1.29, 1.82) is 0 Å². The minimum atomic E-state index is -1.14. The lowest BCUT2D eigenvalue weighted by Gasteiger charge is -2.66. The molecule has 1 aromatic carbocycles. The van der Waals surface area contributed by atoms with Crippen LogP contribution in [0.1, 0.15) is 30.7 Å². The Hall–Kier alpha value is -3.14. The summed E-state index contributed by atoms with van der Waals surface area (Å²) in [6, 6.07) is 3.25. The summed E-state index contributed by atoms with van der Waals surface area (Å²) in [6.45, 7) is -0.0484. The summed E-state index contributed by atoms with van der Waals surface area (Å²) >= 11 is 0. The molecule has 1 aromatic rings. The van der Waals surface area contributed by atoms with Crippen molar-refractivity contribution in [1.82, 2.24) is 4.90 Å². The number of anilines is 1. The lowest BCUT2D eigenvalue weighted by Crippen LogP contribution is -2.78. The molecule has 2 amide bonds. The van der Waals surface area contributed by atoms with Crippen LogP contribution in [-0.2, 0) is 23.9 Å². The molecule has 1 N–H and O–H groups in total. The van der Waals surface area contributed by atoms with E-state index in [1.807, 2.05) is 6.07 Å². The first kappa shape index (κ1) is 20.5. The van der Waals surface area contributed by atoms with Gasteiger partial charge in [-0.2, -0.15) is 0 Å². The number of carbonyl (C=O) groups is 4. The largest absolute Gasteiger partial charge is 0.493 e. The second kappa shape index (κ2) is 6.69. The monoisotopic (exact) mass is 456 g/mol. The van der Waals surface area contributed by atoms with E-state index in [0.717, 1.165) is 12.0 Å². The highest BCUT2D eigenvalue weighted by Gasteiger charge is 2.72. The number of aliphatic carboxylic acids is 1. The molecule has 6 atom stereocenters. The second-order valence-electron chi connectivity index (χ2n) is 9.51. The van der Waals surface area contributed by atoms with Gasteiger partial charge in [-0.3, -0.25) is 14.4 Å². The summed E-state index contributed by atoms with van der Waals surface area (Å²) < 4.78 is 16.7. The first-order chi connectivity index (χ1) is 15.8. The highest BCUT2D eigenvalue weighted by atomic mass is 16.5.